The van der Waals surface area contributed by atoms with Crippen LogP contribution >= 0.6 is 0 Å². The number of amides is 1. The largest absolute Gasteiger partial charge is 0.435 e. The van der Waals surface area contributed by atoms with Crippen molar-refractivity contribution in [2.24, 2.45) is 0 Å². The van der Waals surface area contributed by atoms with Gasteiger partial charge in [0.25, 0.3) is 5.91 Å². The molecule has 1 aromatic heterocycles. The van der Waals surface area contributed by atoms with Crippen molar-refractivity contribution >= 4 is 5.91 Å². The van der Waals surface area contributed by atoms with Crippen LogP contribution in [0.15, 0.2) is 24.3 Å². The first-order chi connectivity index (χ1) is 13.5. The maximum absolute atomic E-state index is 12.4. The molecule has 8 nitrogen and oxygen atoms in total. The molecule has 0 bridgehead atoms. The zero-order valence-corrected chi connectivity index (χ0v) is 15.7. The fourth-order valence-corrected chi connectivity index (χ4v) is 3.08. The number of carbonyl (C=O) groups excluding carboxylic acids is 1. The second-order valence-corrected chi connectivity index (χ2v) is 6.51. The third kappa shape index (κ3) is 5.23. The summed E-state index contributed by atoms with van der Waals surface area (Å²) in [4.78, 5) is 14.7. The number of carbonyl (C=O) groups is 1. The number of rotatable bonds is 8. The number of hydrogen-bond donors (Lipinski definition) is 2. The minimum Gasteiger partial charge on any atom is -0.435 e. The average Bonchev–Trinajstić information content (AvgIpc) is 3.07. The van der Waals surface area contributed by atoms with E-state index in [4.69, 9.17) is 0 Å². The van der Waals surface area contributed by atoms with Crippen molar-refractivity contribution in [3.8, 4) is 11.4 Å². The summed E-state index contributed by atoms with van der Waals surface area (Å²) in [5.74, 6) is -0.222. The monoisotopic (exact) mass is 394 g/mol. The van der Waals surface area contributed by atoms with Crippen molar-refractivity contribution in [1.82, 2.24) is 30.5 Å². The Morgan fingerprint density at radius 3 is 2.68 bits per heavy atom. The van der Waals surface area contributed by atoms with Crippen LogP contribution < -0.4 is 15.4 Å². The average molecular weight is 394 g/mol. The molecule has 0 atom stereocenters. The Balaban J connectivity index is 1.53. The lowest BCUT2D eigenvalue weighted by atomic mass is 10.2. The molecule has 1 amide bonds. The number of piperazine rings is 1. The Bertz CT molecular complexity index is 775. The highest BCUT2D eigenvalue weighted by Crippen LogP contribution is 2.18. The number of benzene rings is 1. The quantitative estimate of drug-likeness (QED) is 0.655. The van der Waals surface area contributed by atoms with Gasteiger partial charge in [-0.05, 0) is 44.2 Å². The molecule has 1 aliphatic rings. The molecular formula is C18H24F2N6O2. The van der Waals surface area contributed by atoms with Crippen molar-refractivity contribution in [3.05, 3.63) is 35.7 Å². The zero-order chi connectivity index (χ0) is 19.9. The summed E-state index contributed by atoms with van der Waals surface area (Å²) >= 11 is 0. The summed E-state index contributed by atoms with van der Waals surface area (Å²) in [6.45, 7) is 4.44. The summed E-state index contributed by atoms with van der Waals surface area (Å²) < 4.78 is 30.3. The molecule has 2 heterocycles. The van der Waals surface area contributed by atoms with Crippen LogP contribution in [0.3, 0.4) is 0 Å². The maximum Gasteiger partial charge on any atom is 0.387 e. The summed E-state index contributed by atoms with van der Waals surface area (Å²) in [6, 6.07) is 5.99. The molecule has 0 radical (unpaired) electrons. The highest BCUT2D eigenvalue weighted by Gasteiger charge is 2.17. The lowest BCUT2D eigenvalue weighted by Crippen LogP contribution is -2.44. The number of hydrogen-bond acceptors (Lipinski definition) is 6. The first kappa shape index (κ1) is 20.2. The smallest absolute Gasteiger partial charge is 0.387 e. The van der Waals surface area contributed by atoms with Gasteiger partial charge in [0.15, 0.2) is 5.69 Å². The van der Waals surface area contributed by atoms with Gasteiger partial charge >= 0.3 is 6.61 Å². The Labute approximate surface area is 161 Å². The Morgan fingerprint density at radius 1 is 1.29 bits per heavy atom. The van der Waals surface area contributed by atoms with Gasteiger partial charge in [-0.1, -0.05) is 5.21 Å². The molecular weight excluding hydrogens is 370 g/mol. The molecule has 0 unspecified atom stereocenters. The number of alkyl halides is 2. The lowest BCUT2D eigenvalue weighted by Gasteiger charge is -2.26. The topological polar surface area (TPSA) is 84.3 Å². The molecule has 1 aliphatic heterocycles. The highest BCUT2D eigenvalue weighted by atomic mass is 19.3. The molecule has 152 valence electrons. The molecule has 3 rings (SSSR count). The first-order valence-corrected chi connectivity index (χ1v) is 9.23. The van der Waals surface area contributed by atoms with E-state index in [2.05, 4.69) is 30.6 Å². The van der Waals surface area contributed by atoms with E-state index in [1.165, 1.54) is 16.8 Å². The van der Waals surface area contributed by atoms with E-state index in [0.717, 1.165) is 39.1 Å². The number of halogens is 2. The molecule has 1 aromatic carbocycles. The van der Waals surface area contributed by atoms with E-state index < -0.39 is 6.61 Å². The molecule has 2 N–H and O–H groups in total. The lowest BCUT2D eigenvalue weighted by molar-refractivity contribution is -0.0498. The predicted octanol–water partition coefficient (Wildman–Crippen LogP) is 1.20. The van der Waals surface area contributed by atoms with Gasteiger partial charge < -0.3 is 20.3 Å². The van der Waals surface area contributed by atoms with Gasteiger partial charge in [-0.25, -0.2) is 4.68 Å². The maximum atomic E-state index is 12.4. The van der Waals surface area contributed by atoms with Crippen LogP contribution in [0.5, 0.6) is 5.75 Å². The van der Waals surface area contributed by atoms with Crippen LogP contribution in [0.25, 0.3) is 5.69 Å². The molecule has 0 aliphatic carbocycles. The summed E-state index contributed by atoms with van der Waals surface area (Å²) in [5.41, 5.74) is 1.42. The summed E-state index contributed by atoms with van der Waals surface area (Å²) in [6.07, 6.45) is 0.866. The minimum absolute atomic E-state index is 0.0546. The van der Waals surface area contributed by atoms with Crippen LogP contribution in [-0.4, -0.2) is 71.7 Å². The van der Waals surface area contributed by atoms with Gasteiger partial charge in [0.1, 0.15) is 5.75 Å². The van der Waals surface area contributed by atoms with Crippen LogP contribution in [-0.2, 0) is 0 Å². The van der Waals surface area contributed by atoms with E-state index in [9.17, 15) is 13.6 Å². The minimum atomic E-state index is -2.87. The van der Waals surface area contributed by atoms with Gasteiger partial charge in [-0.2, -0.15) is 8.78 Å². The number of nitrogens with one attached hydrogen (secondary N) is 2. The molecule has 28 heavy (non-hydrogen) atoms. The standard InChI is InChI=1S/C18H24F2N6O2/c1-13-16(17(27)22-7-2-10-25-11-8-21-9-12-25)23-24-26(13)14-3-5-15(6-4-14)28-18(19)20/h3-6,18,21H,2,7-12H2,1H3,(H,22,27). The highest BCUT2D eigenvalue weighted by molar-refractivity contribution is 5.93. The van der Waals surface area contributed by atoms with Gasteiger partial charge in [0.2, 0.25) is 0 Å². The third-order valence-corrected chi connectivity index (χ3v) is 4.56. The zero-order valence-electron chi connectivity index (χ0n) is 15.7. The SMILES string of the molecule is Cc1c(C(=O)NCCCN2CCNCC2)nnn1-c1ccc(OC(F)F)cc1. The van der Waals surface area contributed by atoms with Gasteiger partial charge in [-0.15, -0.1) is 5.10 Å². The van der Waals surface area contributed by atoms with E-state index in [0.29, 0.717) is 17.9 Å². The van der Waals surface area contributed by atoms with E-state index in [-0.39, 0.29) is 17.4 Å². The van der Waals surface area contributed by atoms with Crippen molar-refractivity contribution in [2.45, 2.75) is 20.0 Å². The van der Waals surface area contributed by atoms with Crippen LogP contribution in [0.2, 0.25) is 0 Å². The molecule has 0 saturated carbocycles. The molecule has 2 aromatic rings. The van der Waals surface area contributed by atoms with Crippen LogP contribution in [0, 0.1) is 6.92 Å². The fraction of sp³-hybridized carbons (Fsp3) is 0.500. The predicted molar refractivity (Wildman–Crippen MR) is 99.0 cm³/mol. The first-order valence-electron chi connectivity index (χ1n) is 9.23. The van der Waals surface area contributed by atoms with E-state index in [1.807, 2.05) is 0 Å². The Morgan fingerprint density at radius 2 is 2.00 bits per heavy atom. The summed E-state index contributed by atoms with van der Waals surface area (Å²) in [7, 11) is 0. The number of ether oxygens (including phenoxy) is 1. The van der Waals surface area contributed by atoms with E-state index >= 15 is 0 Å². The van der Waals surface area contributed by atoms with Crippen LogP contribution in [0.1, 0.15) is 22.6 Å². The van der Waals surface area contributed by atoms with E-state index in [1.54, 1.807) is 19.1 Å². The second kappa shape index (κ2) is 9.56. The van der Waals surface area contributed by atoms with Crippen molar-refractivity contribution < 1.29 is 18.3 Å². The third-order valence-electron chi connectivity index (χ3n) is 4.56. The molecule has 0 spiro atoms. The summed E-state index contributed by atoms with van der Waals surface area (Å²) in [5, 5.41) is 14.1. The Hall–Kier alpha value is -2.59. The fourth-order valence-electron chi connectivity index (χ4n) is 3.08. The molecule has 1 fully saturated rings. The van der Waals surface area contributed by atoms with Gasteiger partial charge in [-0.3, -0.25) is 4.79 Å². The number of aromatic nitrogens is 3. The molecule has 1 saturated heterocycles. The normalized spacial score (nSPS) is 15.0. The Kier molecular flexibility index (Phi) is 6.88. The van der Waals surface area contributed by atoms with Gasteiger partial charge in [0.05, 0.1) is 11.4 Å². The van der Waals surface area contributed by atoms with Gasteiger partial charge in [0, 0.05) is 32.7 Å². The van der Waals surface area contributed by atoms with Crippen LogP contribution in [0.4, 0.5) is 8.78 Å². The van der Waals surface area contributed by atoms with Crippen molar-refractivity contribution in [2.75, 3.05) is 39.3 Å². The number of nitrogens with zero attached hydrogens (tertiary/aromatic N) is 4. The van der Waals surface area contributed by atoms with Crippen molar-refractivity contribution in [3.63, 3.8) is 0 Å². The van der Waals surface area contributed by atoms with Crippen molar-refractivity contribution in [1.29, 1.82) is 0 Å². The second-order valence-electron chi connectivity index (χ2n) is 6.51. The molecule has 10 heteroatoms.